The molecule has 1 atom stereocenters. The molecule has 26 heavy (non-hydrogen) atoms. The van der Waals surface area contributed by atoms with Gasteiger partial charge in [-0.2, -0.15) is 0 Å². The standard InChI is InChI=1S/C19H29N3O4/c1-13(18(23)21-19(24)20-15-9-5-6-10-15)22(2)12-14-8-7-11-16(25-3)17(14)26-4/h7-8,11,13,15H,5-6,9-10,12H2,1-4H3,(H2,20,21,23,24)/t13-/m1/s1. The van der Waals surface area contributed by atoms with Crippen LogP contribution < -0.4 is 20.1 Å². The van der Waals surface area contributed by atoms with Gasteiger partial charge in [-0.3, -0.25) is 15.0 Å². The SMILES string of the molecule is COc1cccc(CN(C)[C@H](C)C(=O)NC(=O)NC2CCCC2)c1OC. The summed E-state index contributed by atoms with van der Waals surface area (Å²) >= 11 is 0. The van der Waals surface area contributed by atoms with Gasteiger partial charge in [-0.15, -0.1) is 0 Å². The van der Waals surface area contributed by atoms with Gasteiger partial charge in [-0.05, 0) is 32.9 Å². The fourth-order valence-electron chi connectivity index (χ4n) is 3.19. The summed E-state index contributed by atoms with van der Waals surface area (Å²) in [5.41, 5.74) is 0.907. The fraction of sp³-hybridized carbons (Fsp3) is 0.579. The number of para-hydroxylation sites is 1. The first-order valence-corrected chi connectivity index (χ1v) is 8.97. The van der Waals surface area contributed by atoms with Gasteiger partial charge >= 0.3 is 6.03 Å². The monoisotopic (exact) mass is 363 g/mol. The third-order valence-corrected chi connectivity index (χ3v) is 4.87. The molecule has 0 radical (unpaired) electrons. The Kier molecular flexibility index (Phi) is 7.26. The minimum atomic E-state index is -0.472. The average Bonchev–Trinajstić information content (AvgIpc) is 3.13. The van der Waals surface area contributed by atoms with Crippen LogP contribution in [0.5, 0.6) is 11.5 Å². The molecule has 1 aromatic rings. The minimum Gasteiger partial charge on any atom is -0.493 e. The number of likely N-dealkylation sites (N-methyl/N-ethyl adjacent to an activating group) is 1. The van der Waals surface area contributed by atoms with Gasteiger partial charge in [-0.1, -0.05) is 25.0 Å². The number of rotatable bonds is 7. The average molecular weight is 363 g/mol. The van der Waals surface area contributed by atoms with Crippen molar-refractivity contribution in [3.05, 3.63) is 23.8 Å². The van der Waals surface area contributed by atoms with Gasteiger partial charge in [0.2, 0.25) is 5.91 Å². The van der Waals surface area contributed by atoms with E-state index in [1.165, 1.54) is 0 Å². The molecule has 1 fully saturated rings. The highest BCUT2D eigenvalue weighted by atomic mass is 16.5. The summed E-state index contributed by atoms with van der Waals surface area (Å²) in [5.74, 6) is 0.963. The fourth-order valence-corrected chi connectivity index (χ4v) is 3.19. The van der Waals surface area contributed by atoms with E-state index in [2.05, 4.69) is 10.6 Å². The third-order valence-electron chi connectivity index (χ3n) is 4.87. The van der Waals surface area contributed by atoms with Crippen molar-refractivity contribution >= 4 is 11.9 Å². The van der Waals surface area contributed by atoms with Crippen LogP contribution in [-0.2, 0) is 11.3 Å². The van der Waals surface area contributed by atoms with E-state index < -0.39 is 12.1 Å². The van der Waals surface area contributed by atoms with Crippen LogP contribution in [0.25, 0.3) is 0 Å². The molecule has 0 spiro atoms. The van der Waals surface area contributed by atoms with E-state index in [1.807, 2.05) is 30.1 Å². The van der Waals surface area contributed by atoms with E-state index in [9.17, 15) is 9.59 Å². The Hall–Kier alpha value is -2.28. The topological polar surface area (TPSA) is 79.9 Å². The van der Waals surface area contributed by atoms with Crippen molar-refractivity contribution < 1.29 is 19.1 Å². The second-order valence-corrected chi connectivity index (χ2v) is 6.69. The van der Waals surface area contributed by atoms with Gasteiger partial charge in [-0.25, -0.2) is 4.79 Å². The molecule has 1 aliphatic carbocycles. The zero-order valence-electron chi connectivity index (χ0n) is 16.0. The van der Waals surface area contributed by atoms with Crippen LogP contribution in [0.4, 0.5) is 4.79 Å². The van der Waals surface area contributed by atoms with Gasteiger partial charge in [0.25, 0.3) is 0 Å². The Balaban J connectivity index is 1.92. The quantitative estimate of drug-likeness (QED) is 0.777. The van der Waals surface area contributed by atoms with Gasteiger partial charge in [0.15, 0.2) is 11.5 Å². The molecule has 0 unspecified atom stereocenters. The third kappa shape index (κ3) is 5.11. The number of methoxy groups -OCH3 is 2. The predicted octanol–water partition coefficient (Wildman–Crippen LogP) is 2.29. The molecule has 7 nitrogen and oxygen atoms in total. The Morgan fingerprint density at radius 2 is 1.92 bits per heavy atom. The molecule has 2 rings (SSSR count). The highest BCUT2D eigenvalue weighted by molar-refractivity contribution is 5.96. The molecular weight excluding hydrogens is 334 g/mol. The van der Waals surface area contributed by atoms with Crippen LogP contribution in [-0.4, -0.2) is 50.2 Å². The van der Waals surface area contributed by atoms with E-state index in [1.54, 1.807) is 21.1 Å². The number of carbonyl (C=O) groups excluding carboxylic acids is 2. The number of urea groups is 1. The Morgan fingerprint density at radius 1 is 1.23 bits per heavy atom. The van der Waals surface area contributed by atoms with E-state index in [4.69, 9.17) is 9.47 Å². The van der Waals surface area contributed by atoms with Gasteiger partial charge < -0.3 is 14.8 Å². The maximum Gasteiger partial charge on any atom is 0.321 e. The van der Waals surface area contributed by atoms with Crippen molar-refractivity contribution in [3.63, 3.8) is 0 Å². The molecule has 0 saturated heterocycles. The number of imide groups is 1. The second kappa shape index (κ2) is 9.43. The normalized spacial score (nSPS) is 15.6. The summed E-state index contributed by atoms with van der Waals surface area (Å²) in [5, 5.41) is 5.30. The van der Waals surface area contributed by atoms with Crippen LogP contribution in [0.1, 0.15) is 38.2 Å². The van der Waals surface area contributed by atoms with Crippen molar-refractivity contribution in [2.24, 2.45) is 0 Å². The smallest absolute Gasteiger partial charge is 0.321 e. The predicted molar refractivity (Wildman–Crippen MR) is 99.4 cm³/mol. The number of hydrogen-bond acceptors (Lipinski definition) is 5. The summed E-state index contributed by atoms with van der Waals surface area (Å²) in [6.45, 7) is 2.25. The first-order valence-electron chi connectivity index (χ1n) is 8.97. The van der Waals surface area contributed by atoms with Crippen molar-refractivity contribution in [1.82, 2.24) is 15.5 Å². The highest BCUT2D eigenvalue weighted by Gasteiger charge is 2.23. The molecular formula is C19H29N3O4. The van der Waals surface area contributed by atoms with E-state index in [0.717, 1.165) is 31.2 Å². The largest absolute Gasteiger partial charge is 0.493 e. The van der Waals surface area contributed by atoms with Gasteiger partial charge in [0.05, 0.1) is 20.3 Å². The Morgan fingerprint density at radius 3 is 2.54 bits per heavy atom. The molecule has 0 bridgehead atoms. The number of amides is 3. The zero-order chi connectivity index (χ0) is 19.1. The highest BCUT2D eigenvalue weighted by Crippen LogP contribution is 2.31. The molecule has 0 heterocycles. The molecule has 2 N–H and O–H groups in total. The van der Waals surface area contributed by atoms with Crippen molar-refractivity contribution in [2.45, 2.75) is 51.2 Å². The van der Waals surface area contributed by atoms with E-state index in [-0.39, 0.29) is 11.9 Å². The molecule has 1 aromatic carbocycles. The van der Waals surface area contributed by atoms with Crippen molar-refractivity contribution in [1.29, 1.82) is 0 Å². The summed E-state index contributed by atoms with van der Waals surface area (Å²) in [6.07, 6.45) is 4.21. The molecule has 0 aromatic heterocycles. The molecule has 3 amide bonds. The lowest BCUT2D eigenvalue weighted by Gasteiger charge is -2.25. The number of nitrogens with zero attached hydrogens (tertiary/aromatic N) is 1. The van der Waals surface area contributed by atoms with Crippen LogP contribution in [0.2, 0.25) is 0 Å². The first kappa shape index (κ1) is 20.0. The maximum absolute atomic E-state index is 12.4. The van der Waals surface area contributed by atoms with Crippen molar-refractivity contribution in [2.75, 3.05) is 21.3 Å². The number of benzene rings is 1. The number of carbonyl (C=O) groups is 2. The van der Waals surface area contributed by atoms with Crippen LogP contribution in [0, 0.1) is 0 Å². The van der Waals surface area contributed by atoms with Crippen LogP contribution in [0.15, 0.2) is 18.2 Å². The molecule has 0 aliphatic heterocycles. The lowest BCUT2D eigenvalue weighted by molar-refractivity contribution is -0.124. The Labute approximate surface area is 155 Å². The molecule has 1 aliphatic rings. The van der Waals surface area contributed by atoms with E-state index in [0.29, 0.717) is 18.0 Å². The first-order chi connectivity index (χ1) is 12.5. The van der Waals surface area contributed by atoms with Crippen LogP contribution >= 0.6 is 0 Å². The second-order valence-electron chi connectivity index (χ2n) is 6.69. The Bertz CT molecular complexity index is 629. The number of nitrogens with one attached hydrogen (secondary N) is 2. The van der Waals surface area contributed by atoms with Crippen LogP contribution in [0.3, 0.4) is 0 Å². The van der Waals surface area contributed by atoms with Gasteiger partial charge in [0, 0.05) is 18.2 Å². The summed E-state index contributed by atoms with van der Waals surface area (Å²) in [7, 11) is 5.01. The summed E-state index contributed by atoms with van der Waals surface area (Å²) in [6, 6.07) is 4.92. The van der Waals surface area contributed by atoms with E-state index >= 15 is 0 Å². The zero-order valence-corrected chi connectivity index (χ0v) is 16.0. The minimum absolute atomic E-state index is 0.178. The maximum atomic E-state index is 12.4. The van der Waals surface area contributed by atoms with Crippen molar-refractivity contribution in [3.8, 4) is 11.5 Å². The lowest BCUT2D eigenvalue weighted by atomic mass is 10.1. The molecule has 144 valence electrons. The molecule has 7 heteroatoms. The number of ether oxygens (including phenoxy) is 2. The lowest BCUT2D eigenvalue weighted by Crippen LogP contribution is -2.50. The number of hydrogen-bond donors (Lipinski definition) is 2. The molecule has 1 saturated carbocycles. The van der Waals surface area contributed by atoms with Gasteiger partial charge in [0.1, 0.15) is 0 Å². The summed E-state index contributed by atoms with van der Waals surface area (Å²) in [4.78, 5) is 26.2. The summed E-state index contributed by atoms with van der Waals surface area (Å²) < 4.78 is 10.7.